The quantitative estimate of drug-likeness (QED) is 0.649. The van der Waals surface area contributed by atoms with Crippen LogP contribution in [-0.2, 0) is 6.42 Å². The third-order valence-electron chi connectivity index (χ3n) is 2.77. The molecule has 2 rings (SSSR count). The van der Waals surface area contributed by atoms with Crippen molar-refractivity contribution in [2.45, 2.75) is 31.9 Å². The molecule has 2 heterocycles. The van der Waals surface area contributed by atoms with Gasteiger partial charge in [0, 0.05) is 43.2 Å². The second kappa shape index (κ2) is 5.72. The van der Waals surface area contributed by atoms with Gasteiger partial charge in [0.1, 0.15) is 0 Å². The average molecular weight is 241 g/mol. The maximum absolute atomic E-state index is 9.34. The summed E-state index contributed by atoms with van der Waals surface area (Å²) in [6.07, 6.45) is 1.70. The second-order valence-electron chi connectivity index (χ2n) is 4.33. The Bertz CT molecular complexity index is 329. The lowest BCUT2D eigenvalue weighted by molar-refractivity contribution is 0.193. The fourth-order valence-corrected chi connectivity index (χ4v) is 2.72. The zero-order chi connectivity index (χ0) is 11.4. The van der Waals surface area contributed by atoms with Gasteiger partial charge >= 0.3 is 0 Å². The summed E-state index contributed by atoms with van der Waals surface area (Å²) < 4.78 is 0. The minimum absolute atomic E-state index is 0.159. The number of hydrogen-bond donors (Lipinski definition) is 3. The number of aryl methyl sites for hydroxylation is 1. The Morgan fingerprint density at radius 1 is 1.69 bits per heavy atom. The van der Waals surface area contributed by atoms with Crippen molar-refractivity contribution >= 4 is 11.3 Å². The number of aliphatic hydroxyl groups excluding tert-OH is 1. The van der Waals surface area contributed by atoms with Crippen LogP contribution in [0.2, 0.25) is 0 Å². The molecule has 3 N–H and O–H groups in total. The van der Waals surface area contributed by atoms with Gasteiger partial charge in [-0.15, -0.1) is 11.3 Å². The number of hydrogen-bond acceptors (Lipinski definition) is 5. The minimum Gasteiger partial charge on any atom is -0.392 e. The van der Waals surface area contributed by atoms with Crippen LogP contribution in [0.4, 0.5) is 0 Å². The molecule has 16 heavy (non-hydrogen) atoms. The van der Waals surface area contributed by atoms with Crippen LogP contribution in [0.25, 0.3) is 0 Å². The largest absolute Gasteiger partial charge is 0.392 e. The van der Waals surface area contributed by atoms with E-state index in [1.165, 1.54) is 5.01 Å². The van der Waals surface area contributed by atoms with Gasteiger partial charge in [0.25, 0.3) is 0 Å². The zero-order valence-corrected chi connectivity index (χ0v) is 10.4. The monoisotopic (exact) mass is 241 g/mol. The molecule has 0 radical (unpaired) electrons. The molecule has 2 unspecified atom stereocenters. The predicted molar refractivity (Wildman–Crippen MR) is 65.8 cm³/mol. The Hall–Kier alpha value is -0.490. The van der Waals surface area contributed by atoms with Crippen LogP contribution in [0.5, 0.6) is 0 Å². The maximum atomic E-state index is 9.34. The molecule has 0 amide bonds. The highest BCUT2D eigenvalue weighted by atomic mass is 32.1. The van der Waals surface area contributed by atoms with Gasteiger partial charge in [-0.05, 0) is 13.3 Å². The van der Waals surface area contributed by atoms with E-state index in [0.717, 1.165) is 38.2 Å². The third-order valence-corrected chi connectivity index (χ3v) is 3.80. The summed E-state index contributed by atoms with van der Waals surface area (Å²) in [5.74, 6) is 0. The number of aromatic nitrogens is 1. The molecule has 5 heteroatoms. The standard InChI is InChI=1S/C11H19N3OS/c1-8-7-16-11(14-8)2-3-12-5-9-4-10(15)6-13-9/h7,9-10,12-13,15H,2-6H2,1H3. The Kier molecular flexibility index (Phi) is 4.29. The van der Waals surface area contributed by atoms with Gasteiger partial charge in [-0.3, -0.25) is 0 Å². The van der Waals surface area contributed by atoms with Gasteiger partial charge in [-0.25, -0.2) is 4.98 Å². The van der Waals surface area contributed by atoms with Crippen LogP contribution >= 0.6 is 11.3 Å². The Morgan fingerprint density at radius 2 is 2.56 bits per heavy atom. The number of β-amino-alcohol motifs (C(OH)–C–C–N with tert-alkyl or cyclic N) is 1. The van der Waals surface area contributed by atoms with Gasteiger partial charge in [0.15, 0.2) is 0 Å². The molecule has 90 valence electrons. The minimum atomic E-state index is -0.159. The van der Waals surface area contributed by atoms with E-state index in [2.05, 4.69) is 21.0 Å². The van der Waals surface area contributed by atoms with Gasteiger partial charge in [-0.2, -0.15) is 0 Å². The smallest absolute Gasteiger partial charge is 0.0940 e. The molecule has 0 saturated carbocycles. The molecule has 1 aliphatic heterocycles. The molecule has 0 aliphatic carbocycles. The first-order valence-corrected chi connectivity index (χ1v) is 6.65. The molecule has 1 aromatic rings. The summed E-state index contributed by atoms with van der Waals surface area (Å²) >= 11 is 1.73. The molecule has 1 saturated heterocycles. The fraction of sp³-hybridized carbons (Fsp3) is 0.727. The molecule has 0 aromatic carbocycles. The van der Waals surface area contributed by atoms with Crippen molar-refractivity contribution in [1.82, 2.24) is 15.6 Å². The summed E-state index contributed by atoms with van der Waals surface area (Å²) in [5, 5.41) is 19.3. The van der Waals surface area contributed by atoms with Crippen molar-refractivity contribution in [3.05, 3.63) is 16.1 Å². The fourth-order valence-electron chi connectivity index (χ4n) is 1.94. The molecule has 1 fully saturated rings. The highest BCUT2D eigenvalue weighted by molar-refractivity contribution is 7.09. The molecular weight excluding hydrogens is 222 g/mol. The number of thiazole rings is 1. The predicted octanol–water partition coefficient (Wildman–Crippen LogP) is 0.306. The lowest BCUT2D eigenvalue weighted by Gasteiger charge is -2.10. The van der Waals surface area contributed by atoms with Crippen LogP contribution in [0.15, 0.2) is 5.38 Å². The molecule has 1 aromatic heterocycles. The van der Waals surface area contributed by atoms with E-state index in [-0.39, 0.29) is 6.10 Å². The summed E-state index contributed by atoms with van der Waals surface area (Å²) in [7, 11) is 0. The number of nitrogens with one attached hydrogen (secondary N) is 2. The first-order chi connectivity index (χ1) is 7.74. The molecule has 0 bridgehead atoms. The van der Waals surface area contributed by atoms with E-state index >= 15 is 0 Å². The highest BCUT2D eigenvalue weighted by Gasteiger charge is 2.20. The molecule has 1 aliphatic rings. The van der Waals surface area contributed by atoms with Crippen molar-refractivity contribution < 1.29 is 5.11 Å². The van der Waals surface area contributed by atoms with Crippen molar-refractivity contribution in [2.75, 3.05) is 19.6 Å². The van der Waals surface area contributed by atoms with Crippen LogP contribution < -0.4 is 10.6 Å². The van der Waals surface area contributed by atoms with Crippen molar-refractivity contribution in [3.63, 3.8) is 0 Å². The normalized spacial score (nSPS) is 25.1. The Labute approximate surface area is 100 Å². The van der Waals surface area contributed by atoms with Gasteiger partial charge < -0.3 is 15.7 Å². The van der Waals surface area contributed by atoms with Crippen molar-refractivity contribution in [2.24, 2.45) is 0 Å². The Morgan fingerprint density at radius 3 is 3.19 bits per heavy atom. The highest BCUT2D eigenvalue weighted by Crippen LogP contribution is 2.09. The van der Waals surface area contributed by atoms with Crippen LogP contribution in [0.1, 0.15) is 17.1 Å². The van der Waals surface area contributed by atoms with E-state index in [1.54, 1.807) is 11.3 Å². The lowest BCUT2D eigenvalue weighted by atomic mass is 10.2. The van der Waals surface area contributed by atoms with Gasteiger partial charge in [-0.1, -0.05) is 0 Å². The summed E-state index contributed by atoms with van der Waals surface area (Å²) in [4.78, 5) is 4.41. The first-order valence-electron chi connectivity index (χ1n) is 5.77. The van der Waals surface area contributed by atoms with Crippen molar-refractivity contribution in [1.29, 1.82) is 0 Å². The van der Waals surface area contributed by atoms with E-state index in [4.69, 9.17) is 0 Å². The van der Waals surface area contributed by atoms with E-state index in [1.807, 2.05) is 6.92 Å². The van der Waals surface area contributed by atoms with E-state index in [9.17, 15) is 5.11 Å². The third kappa shape index (κ3) is 3.52. The number of aliphatic hydroxyl groups is 1. The van der Waals surface area contributed by atoms with E-state index < -0.39 is 0 Å². The van der Waals surface area contributed by atoms with Crippen molar-refractivity contribution in [3.8, 4) is 0 Å². The molecule has 4 nitrogen and oxygen atoms in total. The molecular formula is C11H19N3OS. The Balaban J connectivity index is 1.58. The SMILES string of the molecule is Cc1csc(CCNCC2CC(O)CN2)n1. The summed E-state index contributed by atoms with van der Waals surface area (Å²) in [6, 6.07) is 0.424. The topological polar surface area (TPSA) is 57.2 Å². The maximum Gasteiger partial charge on any atom is 0.0940 e. The summed E-state index contributed by atoms with van der Waals surface area (Å²) in [6.45, 7) is 4.65. The average Bonchev–Trinajstić information content (AvgIpc) is 2.83. The van der Waals surface area contributed by atoms with Crippen LogP contribution in [-0.4, -0.2) is 41.9 Å². The lowest BCUT2D eigenvalue weighted by Crippen LogP contribution is -2.34. The first kappa shape index (κ1) is 12.0. The van der Waals surface area contributed by atoms with Crippen LogP contribution in [0.3, 0.4) is 0 Å². The summed E-state index contributed by atoms with van der Waals surface area (Å²) in [5.41, 5.74) is 1.11. The number of nitrogens with zero attached hydrogens (tertiary/aromatic N) is 1. The van der Waals surface area contributed by atoms with Crippen LogP contribution in [0, 0.1) is 6.92 Å². The second-order valence-corrected chi connectivity index (χ2v) is 5.27. The number of rotatable bonds is 5. The molecule has 2 atom stereocenters. The zero-order valence-electron chi connectivity index (χ0n) is 9.57. The van der Waals surface area contributed by atoms with Gasteiger partial charge in [0.2, 0.25) is 0 Å². The van der Waals surface area contributed by atoms with E-state index in [0.29, 0.717) is 6.04 Å². The van der Waals surface area contributed by atoms with Gasteiger partial charge in [0.05, 0.1) is 11.1 Å². The molecule has 0 spiro atoms.